The number of amides is 1. The molecular formula is C22H18N4OS2. The topological polar surface area (TPSA) is 50.5 Å². The number of carbonyl (C=O) groups is 1. The maximum Gasteiger partial charge on any atom is 0.240 e. The first kappa shape index (κ1) is 18.0. The highest BCUT2D eigenvalue weighted by atomic mass is 32.1. The molecule has 1 amide bonds. The van der Waals surface area contributed by atoms with Gasteiger partial charge in [0.2, 0.25) is 5.91 Å². The van der Waals surface area contributed by atoms with Crippen LogP contribution in [-0.2, 0) is 4.79 Å². The van der Waals surface area contributed by atoms with Crippen LogP contribution in [0.2, 0.25) is 0 Å². The Bertz CT molecular complexity index is 1160. The molecule has 1 aliphatic rings. The van der Waals surface area contributed by atoms with Crippen molar-refractivity contribution in [1.82, 2.24) is 14.8 Å². The molecule has 7 heteroatoms. The van der Waals surface area contributed by atoms with Gasteiger partial charge in [-0.1, -0.05) is 24.3 Å². The summed E-state index contributed by atoms with van der Waals surface area (Å²) >= 11 is 3.29. The summed E-state index contributed by atoms with van der Waals surface area (Å²) in [5.74, 6) is -0.0646. The van der Waals surface area contributed by atoms with Crippen LogP contribution in [0.25, 0.3) is 16.9 Å². The van der Waals surface area contributed by atoms with Crippen LogP contribution >= 0.6 is 22.7 Å². The van der Waals surface area contributed by atoms with E-state index in [2.05, 4.69) is 22.6 Å². The van der Waals surface area contributed by atoms with E-state index in [-0.39, 0.29) is 11.9 Å². The first-order valence-corrected chi connectivity index (χ1v) is 11.1. The third kappa shape index (κ3) is 3.32. The maximum absolute atomic E-state index is 12.4. The molecule has 0 fully saturated rings. The Morgan fingerprint density at radius 2 is 1.97 bits per heavy atom. The van der Waals surface area contributed by atoms with E-state index in [0.29, 0.717) is 6.42 Å². The lowest BCUT2D eigenvalue weighted by Crippen LogP contribution is -2.24. The van der Waals surface area contributed by atoms with Crippen LogP contribution in [0.3, 0.4) is 0 Å². The van der Waals surface area contributed by atoms with E-state index in [0.717, 1.165) is 33.1 Å². The van der Waals surface area contributed by atoms with Crippen molar-refractivity contribution in [2.24, 2.45) is 5.10 Å². The molecule has 0 N–H and O–H groups in total. The summed E-state index contributed by atoms with van der Waals surface area (Å²) in [4.78, 5) is 13.5. The highest BCUT2D eigenvalue weighted by Gasteiger charge is 2.35. The summed E-state index contributed by atoms with van der Waals surface area (Å²) in [7, 11) is 0. The van der Waals surface area contributed by atoms with Crippen molar-refractivity contribution in [2.45, 2.75) is 19.4 Å². The summed E-state index contributed by atoms with van der Waals surface area (Å²) < 4.78 is 1.89. The predicted octanol–water partition coefficient (Wildman–Crippen LogP) is 5.36. The summed E-state index contributed by atoms with van der Waals surface area (Å²) in [6, 6.07) is 16.0. The number of benzene rings is 1. The van der Waals surface area contributed by atoms with E-state index in [1.165, 1.54) is 0 Å². The smallest absolute Gasteiger partial charge is 0.240 e. The van der Waals surface area contributed by atoms with E-state index in [1.54, 1.807) is 34.6 Å². The van der Waals surface area contributed by atoms with Crippen molar-refractivity contribution in [3.05, 3.63) is 81.3 Å². The fraction of sp³-hybridized carbons (Fsp3) is 0.136. The van der Waals surface area contributed by atoms with Crippen molar-refractivity contribution >= 4 is 34.3 Å². The van der Waals surface area contributed by atoms with Crippen molar-refractivity contribution in [3.8, 4) is 16.9 Å². The molecule has 29 heavy (non-hydrogen) atoms. The predicted molar refractivity (Wildman–Crippen MR) is 118 cm³/mol. The van der Waals surface area contributed by atoms with Gasteiger partial charge >= 0.3 is 0 Å². The minimum Gasteiger partial charge on any atom is -0.273 e. The minimum atomic E-state index is -0.169. The maximum atomic E-state index is 12.4. The monoisotopic (exact) mass is 418 g/mol. The molecule has 5 rings (SSSR count). The molecule has 1 aromatic carbocycles. The Hall–Kier alpha value is -3.03. The third-order valence-corrected chi connectivity index (χ3v) is 6.56. The summed E-state index contributed by atoms with van der Waals surface area (Å²) in [5.41, 5.74) is 4.91. The molecule has 0 saturated carbocycles. The highest BCUT2D eigenvalue weighted by Crippen LogP contribution is 2.39. The molecule has 4 aromatic rings. The first-order chi connectivity index (χ1) is 14.2. The van der Waals surface area contributed by atoms with E-state index in [4.69, 9.17) is 5.10 Å². The third-order valence-electron chi connectivity index (χ3n) is 4.96. The molecule has 3 aromatic heterocycles. The van der Waals surface area contributed by atoms with Gasteiger partial charge in [0, 0.05) is 36.0 Å². The first-order valence-electron chi connectivity index (χ1n) is 9.29. The van der Waals surface area contributed by atoms with E-state index in [9.17, 15) is 4.79 Å². The Morgan fingerprint density at radius 1 is 1.10 bits per heavy atom. The Labute approximate surface area is 176 Å². The second-order valence-corrected chi connectivity index (χ2v) is 8.56. The van der Waals surface area contributed by atoms with Gasteiger partial charge in [0.15, 0.2) is 0 Å². The number of hydrogen-bond acceptors (Lipinski definition) is 5. The second-order valence-electron chi connectivity index (χ2n) is 6.83. The van der Waals surface area contributed by atoms with Gasteiger partial charge < -0.3 is 0 Å². The molecule has 1 aliphatic heterocycles. The number of para-hydroxylation sites is 1. The second kappa shape index (κ2) is 7.42. The van der Waals surface area contributed by atoms with Gasteiger partial charge in [-0.15, -0.1) is 11.3 Å². The number of hydrogen-bond donors (Lipinski definition) is 0. The van der Waals surface area contributed by atoms with Crippen LogP contribution in [0, 0.1) is 0 Å². The Balaban J connectivity index is 1.61. The molecule has 4 heterocycles. The number of hydrazone groups is 1. The Morgan fingerprint density at radius 3 is 2.66 bits per heavy atom. The number of thiophene rings is 2. The van der Waals surface area contributed by atoms with E-state index in [1.807, 2.05) is 58.0 Å². The molecule has 1 atom stereocenters. The number of nitrogens with zero attached hydrogens (tertiary/aromatic N) is 4. The zero-order chi connectivity index (χ0) is 19.8. The van der Waals surface area contributed by atoms with Crippen LogP contribution < -0.4 is 0 Å². The summed E-state index contributed by atoms with van der Waals surface area (Å²) in [5, 5.41) is 17.3. The fourth-order valence-corrected chi connectivity index (χ4v) is 4.96. The van der Waals surface area contributed by atoms with Crippen LogP contribution in [-0.4, -0.2) is 26.4 Å². The molecule has 5 nitrogen and oxygen atoms in total. The van der Waals surface area contributed by atoms with Gasteiger partial charge in [-0.2, -0.15) is 21.5 Å². The number of aromatic nitrogens is 2. The van der Waals surface area contributed by atoms with Crippen LogP contribution in [0.4, 0.5) is 0 Å². The van der Waals surface area contributed by atoms with Crippen molar-refractivity contribution < 1.29 is 4.79 Å². The lowest BCUT2D eigenvalue weighted by molar-refractivity contribution is -0.130. The minimum absolute atomic E-state index is 0.0646. The zero-order valence-electron chi connectivity index (χ0n) is 15.7. The van der Waals surface area contributed by atoms with Gasteiger partial charge in [0.25, 0.3) is 0 Å². The molecule has 0 bridgehead atoms. The van der Waals surface area contributed by atoms with Crippen LogP contribution in [0.15, 0.2) is 76.0 Å². The molecule has 0 spiro atoms. The van der Waals surface area contributed by atoms with E-state index >= 15 is 0 Å². The fourth-order valence-electron chi connectivity index (χ4n) is 3.60. The summed E-state index contributed by atoms with van der Waals surface area (Å²) in [6.07, 6.45) is 2.72. The van der Waals surface area contributed by atoms with Crippen LogP contribution in [0.5, 0.6) is 0 Å². The van der Waals surface area contributed by atoms with Crippen molar-refractivity contribution in [2.75, 3.05) is 0 Å². The molecular weight excluding hydrogens is 400 g/mol. The zero-order valence-corrected chi connectivity index (χ0v) is 17.4. The van der Waals surface area contributed by atoms with Gasteiger partial charge in [-0.25, -0.2) is 9.69 Å². The van der Waals surface area contributed by atoms with E-state index < -0.39 is 0 Å². The molecule has 144 valence electrons. The largest absolute Gasteiger partial charge is 0.273 e. The average molecular weight is 419 g/mol. The van der Waals surface area contributed by atoms with Gasteiger partial charge in [-0.3, -0.25) is 4.79 Å². The molecule has 0 saturated heterocycles. The Kier molecular flexibility index (Phi) is 4.61. The molecule has 0 unspecified atom stereocenters. The van der Waals surface area contributed by atoms with Gasteiger partial charge in [-0.05, 0) is 35.0 Å². The number of carbonyl (C=O) groups excluding carboxylic acids is 1. The van der Waals surface area contributed by atoms with Gasteiger partial charge in [0.05, 0.1) is 28.0 Å². The quantitative estimate of drug-likeness (QED) is 0.448. The lowest BCUT2D eigenvalue weighted by atomic mass is 9.99. The number of rotatable bonds is 4. The highest BCUT2D eigenvalue weighted by molar-refractivity contribution is 7.12. The van der Waals surface area contributed by atoms with Crippen molar-refractivity contribution in [3.63, 3.8) is 0 Å². The lowest BCUT2D eigenvalue weighted by Gasteiger charge is -2.20. The SMILES string of the molecule is CC(=O)N1N=C(c2cccs2)C[C@@H]1c1cn(-c2ccccc2)nc1-c1ccsc1. The van der Waals surface area contributed by atoms with Crippen molar-refractivity contribution in [1.29, 1.82) is 0 Å². The van der Waals surface area contributed by atoms with Crippen LogP contribution in [0.1, 0.15) is 29.8 Å². The molecule has 0 aliphatic carbocycles. The normalized spacial score (nSPS) is 16.2. The summed E-state index contributed by atoms with van der Waals surface area (Å²) in [6.45, 7) is 1.57. The standard InChI is InChI=1S/C22H18N4OS2/c1-15(27)26-20(12-19(23-26)21-8-5-10-29-21)18-13-25(17-6-3-2-4-7-17)24-22(18)16-9-11-28-14-16/h2-11,13-14,20H,12H2,1H3/t20-/m1/s1. The average Bonchev–Trinajstić information content (AvgIpc) is 3.54. The molecule has 0 radical (unpaired) electrons. The van der Waals surface area contributed by atoms with Gasteiger partial charge in [0.1, 0.15) is 0 Å².